The van der Waals surface area contributed by atoms with Crippen molar-refractivity contribution in [1.82, 2.24) is 5.32 Å². The Morgan fingerprint density at radius 2 is 1.35 bits per heavy atom. The van der Waals surface area contributed by atoms with Gasteiger partial charge in [0, 0.05) is 12.1 Å². The first-order chi connectivity index (χ1) is 9.34. The quantitative estimate of drug-likeness (QED) is 0.739. The molecular formula is C19H33N. The minimum atomic E-state index is 0.196. The number of hydrogen-bond donors (Lipinski definition) is 1. The Bertz CT molecular complexity index is 379. The van der Waals surface area contributed by atoms with Gasteiger partial charge in [-0.1, -0.05) is 45.0 Å². The lowest BCUT2D eigenvalue weighted by Crippen LogP contribution is -2.44. The minimum Gasteiger partial charge on any atom is -0.312 e. The van der Waals surface area contributed by atoms with Crippen molar-refractivity contribution in [2.24, 2.45) is 5.41 Å². The van der Waals surface area contributed by atoms with Crippen molar-refractivity contribution in [3.8, 4) is 0 Å². The highest BCUT2D eigenvalue weighted by atomic mass is 15.0. The van der Waals surface area contributed by atoms with E-state index in [1.807, 2.05) is 0 Å². The Kier molecular flexibility index (Phi) is 6.26. The van der Waals surface area contributed by atoms with Gasteiger partial charge in [0.15, 0.2) is 0 Å². The number of rotatable bonds is 7. The average molecular weight is 275 g/mol. The molecule has 0 spiro atoms. The van der Waals surface area contributed by atoms with E-state index in [9.17, 15) is 0 Å². The smallest absolute Gasteiger partial charge is 0.00967 e. The second kappa shape index (κ2) is 7.26. The van der Waals surface area contributed by atoms with Crippen LogP contribution in [0.15, 0.2) is 24.3 Å². The summed E-state index contributed by atoms with van der Waals surface area (Å²) in [5.74, 6) is 0. The van der Waals surface area contributed by atoms with Crippen molar-refractivity contribution in [1.29, 1.82) is 0 Å². The van der Waals surface area contributed by atoms with Gasteiger partial charge in [0.2, 0.25) is 0 Å². The van der Waals surface area contributed by atoms with Crippen molar-refractivity contribution in [3.05, 3.63) is 35.4 Å². The van der Waals surface area contributed by atoms with Crippen LogP contribution in [0.4, 0.5) is 0 Å². The van der Waals surface area contributed by atoms with Crippen LogP contribution in [-0.2, 0) is 12.8 Å². The van der Waals surface area contributed by atoms with E-state index < -0.39 is 0 Å². The van der Waals surface area contributed by atoms with Crippen LogP contribution in [0.3, 0.4) is 0 Å². The van der Waals surface area contributed by atoms with E-state index in [1.54, 1.807) is 0 Å². The molecule has 0 heterocycles. The van der Waals surface area contributed by atoms with Crippen molar-refractivity contribution < 1.29 is 0 Å². The molecule has 0 atom stereocenters. The molecule has 0 aliphatic heterocycles. The Labute approximate surface area is 126 Å². The second-order valence-electron chi connectivity index (χ2n) is 7.16. The van der Waals surface area contributed by atoms with E-state index in [0.717, 1.165) is 13.0 Å². The van der Waals surface area contributed by atoms with Crippen molar-refractivity contribution in [2.75, 3.05) is 6.54 Å². The van der Waals surface area contributed by atoms with Crippen LogP contribution in [0.5, 0.6) is 0 Å². The molecule has 1 heteroatoms. The van der Waals surface area contributed by atoms with Gasteiger partial charge in [-0.25, -0.2) is 0 Å². The molecule has 0 saturated heterocycles. The Balaban J connectivity index is 2.78. The fourth-order valence-corrected chi connectivity index (χ4v) is 2.59. The van der Waals surface area contributed by atoms with Crippen LogP contribution >= 0.6 is 0 Å². The molecule has 1 nitrogen and oxygen atoms in total. The van der Waals surface area contributed by atoms with E-state index in [1.165, 1.54) is 30.4 Å². The lowest BCUT2D eigenvalue weighted by molar-refractivity contribution is 0.220. The average Bonchev–Trinajstić information content (AvgIpc) is 2.43. The number of nitrogens with one attached hydrogen (secondary N) is 1. The Morgan fingerprint density at radius 3 is 1.75 bits per heavy atom. The zero-order valence-corrected chi connectivity index (χ0v) is 14.3. The first-order valence-corrected chi connectivity index (χ1v) is 8.17. The molecule has 20 heavy (non-hydrogen) atoms. The van der Waals surface area contributed by atoms with E-state index in [4.69, 9.17) is 0 Å². The zero-order chi connectivity index (χ0) is 15.2. The third kappa shape index (κ3) is 5.28. The van der Waals surface area contributed by atoms with E-state index in [2.05, 4.69) is 71.1 Å². The lowest BCUT2D eigenvalue weighted by atomic mass is 9.76. The second-order valence-corrected chi connectivity index (χ2v) is 7.16. The molecular weight excluding hydrogens is 242 g/mol. The van der Waals surface area contributed by atoms with Crippen LogP contribution in [0.2, 0.25) is 0 Å². The molecule has 0 aliphatic carbocycles. The van der Waals surface area contributed by atoms with Crippen molar-refractivity contribution >= 4 is 0 Å². The molecule has 1 aromatic carbocycles. The summed E-state index contributed by atoms with van der Waals surface area (Å²) >= 11 is 0. The SMILES string of the molecule is CCc1ccc(CC(CC)(CC)CNC(C)(C)C)cc1. The topological polar surface area (TPSA) is 12.0 Å². The summed E-state index contributed by atoms with van der Waals surface area (Å²) in [6.45, 7) is 14.7. The Hall–Kier alpha value is -0.820. The number of hydrogen-bond acceptors (Lipinski definition) is 1. The first kappa shape index (κ1) is 17.2. The van der Waals surface area contributed by atoms with Gasteiger partial charge in [-0.2, -0.15) is 0 Å². The van der Waals surface area contributed by atoms with Gasteiger partial charge in [-0.3, -0.25) is 0 Å². The minimum absolute atomic E-state index is 0.196. The fraction of sp³-hybridized carbons (Fsp3) is 0.684. The van der Waals surface area contributed by atoms with Gasteiger partial charge in [-0.05, 0) is 63.0 Å². The summed E-state index contributed by atoms with van der Waals surface area (Å²) in [4.78, 5) is 0. The normalized spacial score (nSPS) is 12.7. The van der Waals surface area contributed by atoms with Gasteiger partial charge in [0.1, 0.15) is 0 Å². The van der Waals surface area contributed by atoms with E-state index in [0.29, 0.717) is 5.41 Å². The monoisotopic (exact) mass is 275 g/mol. The van der Waals surface area contributed by atoms with Crippen molar-refractivity contribution in [2.45, 2.75) is 72.8 Å². The predicted octanol–water partition coefficient (Wildman–Crippen LogP) is 4.99. The molecule has 0 bridgehead atoms. The van der Waals surface area contributed by atoms with Gasteiger partial charge in [0.25, 0.3) is 0 Å². The van der Waals surface area contributed by atoms with Gasteiger partial charge < -0.3 is 5.32 Å². The highest BCUT2D eigenvalue weighted by Gasteiger charge is 2.28. The maximum Gasteiger partial charge on any atom is 0.00967 e. The highest BCUT2D eigenvalue weighted by molar-refractivity contribution is 5.23. The highest BCUT2D eigenvalue weighted by Crippen LogP contribution is 2.31. The molecule has 114 valence electrons. The zero-order valence-electron chi connectivity index (χ0n) is 14.3. The standard InChI is InChI=1S/C19H33N/c1-7-16-10-12-17(13-11-16)14-19(8-2,9-3)15-20-18(4,5)6/h10-13,20H,7-9,14-15H2,1-6H3. The van der Waals surface area contributed by atoms with Crippen LogP contribution in [0.25, 0.3) is 0 Å². The summed E-state index contributed by atoms with van der Waals surface area (Å²) < 4.78 is 0. The molecule has 1 N–H and O–H groups in total. The van der Waals surface area contributed by atoms with E-state index in [-0.39, 0.29) is 5.54 Å². The van der Waals surface area contributed by atoms with E-state index >= 15 is 0 Å². The summed E-state index contributed by atoms with van der Waals surface area (Å²) in [7, 11) is 0. The summed E-state index contributed by atoms with van der Waals surface area (Å²) in [5.41, 5.74) is 3.48. The lowest BCUT2D eigenvalue weighted by Gasteiger charge is -2.35. The molecule has 0 saturated carbocycles. The maximum absolute atomic E-state index is 3.71. The largest absolute Gasteiger partial charge is 0.312 e. The molecule has 0 amide bonds. The van der Waals surface area contributed by atoms with Gasteiger partial charge in [-0.15, -0.1) is 0 Å². The summed E-state index contributed by atoms with van der Waals surface area (Å²) in [6.07, 6.45) is 4.75. The predicted molar refractivity (Wildman–Crippen MR) is 90.3 cm³/mol. The molecule has 0 fully saturated rings. The molecule has 0 aliphatic rings. The molecule has 1 aromatic rings. The third-order valence-electron chi connectivity index (χ3n) is 4.50. The molecule has 0 unspecified atom stereocenters. The fourth-order valence-electron chi connectivity index (χ4n) is 2.59. The third-order valence-corrected chi connectivity index (χ3v) is 4.50. The van der Waals surface area contributed by atoms with Gasteiger partial charge >= 0.3 is 0 Å². The van der Waals surface area contributed by atoms with Crippen molar-refractivity contribution in [3.63, 3.8) is 0 Å². The van der Waals surface area contributed by atoms with Gasteiger partial charge in [0.05, 0.1) is 0 Å². The number of aryl methyl sites for hydroxylation is 1. The van der Waals surface area contributed by atoms with Crippen LogP contribution in [0, 0.1) is 5.41 Å². The first-order valence-electron chi connectivity index (χ1n) is 8.17. The van der Waals surface area contributed by atoms with Crippen LogP contribution in [0.1, 0.15) is 65.5 Å². The summed E-state index contributed by atoms with van der Waals surface area (Å²) in [6, 6.07) is 9.19. The molecule has 0 aromatic heterocycles. The summed E-state index contributed by atoms with van der Waals surface area (Å²) in [5, 5.41) is 3.71. The van der Waals surface area contributed by atoms with Crippen LogP contribution < -0.4 is 5.32 Å². The number of benzene rings is 1. The molecule has 0 radical (unpaired) electrons. The van der Waals surface area contributed by atoms with Crippen LogP contribution in [-0.4, -0.2) is 12.1 Å². The maximum atomic E-state index is 3.71. The Morgan fingerprint density at radius 1 is 0.850 bits per heavy atom. The molecule has 1 rings (SSSR count).